The van der Waals surface area contributed by atoms with Crippen molar-refractivity contribution in [1.82, 2.24) is 9.55 Å². The average Bonchev–Trinajstić information content (AvgIpc) is 3.06. The van der Waals surface area contributed by atoms with Crippen LogP contribution in [0, 0.1) is 5.92 Å². The Hall–Kier alpha value is -1.35. The second kappa shape index (κ2) is 4.97. The van der Waals surface area contributed by atoms with Crippen molar-refractivity contribution < 1.29 is 0 Å². The summed E-state index contributed by atoms with van der Waals surface area (Å²) in [6, 6.07) is 7.16. The zero-order valence-corrected chi connectivity index (χ0v) is 11.8. The molecule has 1 fully saturated rings. The predicted molar refractivity (Wildman–Crippen MR) is 79.0 cm³/mol. The molecule has 0 bridgehead atoms. The molecule has 0 saturated heterocycles. The van der Waals surface area contributed by atoms with E-state index in [1.54, 1.807) is 0 Å². The lowest BCUT2D eigenvalue weighted by molar-refractivity contribution is 0.445. The van der Waals surface area contributed by atoms with Gasteiger partial charge in [0.15, 0.2) is 0 Å². The van der Waals surface area contributed by atoms with E-state index in [1.165, 1.54) is 36.8 Å². The summed E-state index contributed by atoms with van der Waals surface area (Å²) >= 11 is 0. The van der Waals surface area contributed by atoms with Crippen molar-refractivity contribution in [1.29, 1.82) is 0 Å². The van der Waals surface area contributed by atoms with Gasteiger partial charge in [0, 0.05) is 12.1 Å². The van der Waals surface area contributed by atoms with Crippen LogP contribution in [0.3, 0.4) is 0 Å². The van der Waals surface area contributed by atoms with E-state index in [0.29, 0.717) is 12.0 Å². The Bertz CT molecular complexity index is 564. The normalized spacial score (nSPS) is 18.5. The van der Waals surface area contributed by atoms with Gasteiger partial charge in [0.1, 0.15) is 0 Å². The van der Waals surface area contributed by atoms with Crippen LogP contribution in [-0.2, 0) is 0 Å². The maximum atomic E-state index is 6.42. The fraction of sp³-hybridized carbons (Fsp3) is 0.562. The van der Waals surface area contributed by atoms with Crippen molar-refractivity contribution in [2.75, 3.05) is 0 Å². The number of imidazole rings is 1. The van der Waals surface area contributed by atoms with Gasteiger partial charge < -0.3 is 10.3 Å². The standard InChI is InChI=1S/C16H23N3/c1-11(2)19-10-18-14-9-13(7-8-15(14)19)16(17)12-5-3-4-6-12/h7-12,16H,3-6,17H2,1-2H3. The molecule has 0 spiro atoms. The molecule has 3 nitrogen and oxygen atoms in total. The third kappa shape index (κ3) is 2.27. The van der Waals surface area contributed by atoms with E-state index in [4.69, 9.17) is 5.73 Å². The van der Waals surface area contributed by atoms with Gasteiger partial charge in [0.25, 0.3) is 0 Å². The van der Waals surface area contributed by atoms with E-state index in [2.05, 4.69) is 41.6 Å². The molecule has 1 heterocycles. The molecule has 2 N–H and O–H groups in total. The van der Waals surface area contributed by atoms with Crippen LogP contribution in [0.2, 0.25) is 0 Å². The minimum atomic E-state index is 0.177. The highest BCUT2D eigenvalue weighted by atomic mass is 15.1. The molecular weight excluding hydrogens is 234 g/mol. The molecule has 1 unspecified atom stereocenters. The highest BCUT2D eigenvalue weighted by Gasteiger charge is 2.23. The van der Waals surface area contributed by atoms with Crippen molar-refractivity contribution in [2.45, 2.75) is 51.6 Å². The number of nitrogens with two attached hydrogens (primary N) is 1. The molecule has 1 aromatic carbocycles. The zero-order valence-electron chi connectivity index (χ0n) is 11.8. The summed E-state index contributed by atoms with van der Waals surface area (Å²) < 4.78 is 2.21. The van der Waals surface area contributed by atoms with E-state index in [-0.39, 0.29) is 6.04 Å². The molecule has 1 aliphatic carbocycles. The van der Waals surface area contributed by atoms with Crippen LogP contribution < -0.4 is 5.73 Å². The van der Waals surface area contributed by atoms with Gasteiger partial charge in [0.2, 0.25) is 0 Å². The third-order valence-electron chi connectivity index (χ3n) is 4.45. The molecule has 2 aromatic rings. The smallest absolute Gasteiger partial charge is 0.0960 e. The van der Waals surface area contributed by atoms with Gasteiger partial charge in [-0.05, 0) is 50.3 Å². The predicted octanol–water partition coefficient (Wildman–Crippen LogP) is 3.81. The van der Waals surface area contributed by atoms with Gasteiger partial charge >= 0.3 is 0 Å². The maximum Gasteiger partial charge on any atom is 0.0960 e. The van der Waals surface area contributed by atoms with Crippen LogP contribution in [0.15, 0.2) is 24.5 Å². The van der Waals surface area contributed by atoms with Gasteiger partial charge in [-0.1, -0.05) is 18.9 Å². The maximum absolute atomic E-state index is 6.42. The number of fused-ring (bicyclic) bond motifs is 1. The first-order chi connectivity index (χ1) is 9.16. The largest absolute Gasteiger partial charge is 0.328 e. The second-order valence-electron chi connectivity index (χ2n) is 6.06. The van der Waals surface area contributed by atoms with Gasteiger partial charge in [0.05, 0.1) is 17.4 Å². The molecule has 1 aromatic heterocycles. The van der Waals surface area contributed by atoms with Gasteiger partial charge in [-0.3, -0.25) is 0 Å². The lowest BCUT2D eigenvalue weighted by Gasteiger charge is -2.19. The van der Waals surface area contributed by atoms with Crippen molar-refractivity contribution in [3.8, 4) is 0 Å². The van der Waals surface area contributed by atoms with E-state index < -0.39 is 0 Å². The monoisotopic (exact) mass is 257 g/mol. The first-order valence-electron chi connectivity index (χ1n) is 7.39. The van der Waals surface area contributed by atoms with Crippen LogP contribution >= 0.6 is 0 Å². The molecule has 3 heteroatoms. The molecule has 1 saturated carbocycles. The molecule has 19 heavy (non-hydrogen) atoms. The topological polar surface area (TPSA) is 43.8 Å². The molecule has 102 valence electrons. The summed E-state index contributed by atoms with van der Waals surface area (Å²) in [5.41, 5.74) is 9.94. The fourth-order valence-electron chi connectivity index (χ4n) is 3.26. The van der Waals surface area contributed by atoms with Crippen molar-refractivity contribution in [3.63, 3.8) is 0 Å². The Morgan fingerprint density at radius 3 is 2.68 bits per heavy atom. The number of benzene rings is 1. The zero-order chi connectivity index (χ0) is 13.4. The SMILES string of the molecule is CC(C)n1cnc2cc(C(N)C3CCCC3)ccc21. The molecule has 1 atom stereocenters. The molecular formula is C16H23N3. The van der Waals surface area contributed by atoms with Crippen LogP contribution in [0.5, 0.6) is 0 Å². The summed E-state index contributed by atoms with van der Waals surface area (Å²) in [5, 5.41) is 0. The molecule has 1 aliphatic rings. The number of hydrogen-bond acceptors (Lipinski definition) is 2. The number of nitrogens with zero attached hydrogens (tertiary/aromatic N) is 2. The van der Waals surface area contributed by atoms with Crippen LogP contribution in [-0.4, -0.2) is 9.55 Å². The quantitative estimate of drug-likeness (QED) is 0.908. The van der Waals surface area contributed by atoms with E-state index in [0.717, 1.165) is 5.52 Å². The molecule has 3 rings (SSSR count). The van der Waals surface area contributed by atoms with Gasteiger partial charge in [-0.2, -0.15) is 0 Å². The third-order valence-corrected chi connectivity index (χ3v) is 4.45. The number of aromatic nitrogens is 2. The molecule has 0 aliphatic heterocycles. The van der Waals surface area contributed by atoms with Crippen LogP contribution in [0.25, 0.3) is 11.0 Å². The Labute approximate surface area is 114 Å². The average molecular weight is 257 g/mol. The summed E-state index contributed by atoms with van der Waals surface area (Å²) in [6.07, 6.45) is 7.16. The summed E-state index contributed by atoms with van der Waals surface area (Å²) in [7, 11) is 0. The summed E-state index contributed by atoms with van der Waals surface area (Å²) in [4.78, 5) is 4.52. The van der Waals surface area contributed by atoms with E-state index >= 15 is 0 Å². The van der Waals surface area contributed by atoms with Crippen molar-refractivity contribution in [2.24, 2.45) is 11.7 Å². The summed E-state index contributed by atoms with van der Waals surface area (Å²) in [5.74, 6) is 0.657. The summed E-state index contributed by atoms with van der Waals surface area (Å²) in [6.45, 7) is 4.36. The Kier molecular flexibility index (Phi) is 3.31. The number of rotatable bonds is 3. The van der Waals surface area contributed by atoms with Crippen molar-refractivity contribution >= 4 is 11.0 Å². The fourth-order valence-corrected chi connectivity index (χ4v) is 3.26. The highest BCUT2D eigenvalue weighted by Crippen LogP contribution is 2.35. The van der Waals surface area contributed by atoms with Crippen LogP contribution in [0.1, 0.15) is 57.2 Å². The Balaban J connectivity index is 1.93. The Morgan fingerprint density at radius 1 is 1.26 bits per heavy atom. The minimum absolute atomic E-state index is 0.177. The first-order valence-corrected chi connectivity index (χ1v) is 7.39. The molecule has 0 amide bonds. The lowest BCUT2D eigenvalue weighted by atomic mass is 9.92. The highest BCUT2D eigenvalue weighted by molar-refractivity contribution is 5.76. The molecule has 0 radical (unpaired) electrons. The minimum Gasteiger partial charge on any atom is -0.328 e. The van der Waals surface area contributed by atoms with Gasteiger partial charge in [-0.25, -0.2) is 4.98 Å². The van der Waals surface area contributed by atoms with Gasteiger partial charge in [-0.15, -0.1) is 0 Å². The van der Waals surface area contributed by atoms with E-state index in [9.17, 15) is 0 Å². The Morgan fingerprint density at radius 2 is 2.00 bits per heavy atom. The van der Waals surface area contributed by atoms with E-state index in [1.807, 2.05) is 6.33 Å². The second-order valence-corrected chi connectivity index (χ2v) is 6.06. The first kappa shape index (κ1) is 12.7. The van der Waals surface area contributed by atoms with Crippen LogP contribution in [0.4, 0.5) is 0 Å². The van der Waals surface area contributed by atoms with Crippen molar-refractivity contribution in [3.05, 3.63) is 30.1 Å². The lowest BCUT2D eigenvalue weighted by Crippen LogP contribution is -2.19. The number of hydrogen-bond donors (Lipinski definition) is 1.